The normalized spacial score (nSPS) is 8.14. The van der Waals surface area contributed by atoms with E-state index in [0.29, 0.717) is 12.2 Å². The summed E-state index contributed by atoms with van der Waals surface area (Å²) in [5.74, 6) is -0.273. The van der Waals surface area contributed by atoms with Crippen molar-refractivity contribution in [2.24, 2.45) is 0 Å². The van der Waals surface area contributed by atoms with Crippen LogP contribution in [0.5, 0.6) is 0 Å². The van der Waals surface area contributed by atoms with Gasteiger partial charge in [0.25, 0.3) is 0 Å². The van der Waals surface area contributed by atoms with Gasteiger partial charge in [0.2, 0.25) is 0 Å². The van der Waals surface area contributed by atoms with Crippen LogP contribution in [0.3, 0.4) is 0 Å². The van der Waals surface area contributed by atoms with E-state index in [0.717, 1.165) is 4.47 Å². The van der Waals surface area contributed by atoms with Crippen molar-refractivity contribution in [2.75, 3.05) is 6.61 Å². The fraction of sp³-hybridized carbons (Fsp3) is 0.300. The van der Waals surface area contributed by atoms with Gasteiger partial charge in [0.05, 0.1) is 12.2 Å². The maximum Gasteiger partial charge on any atom is 0.338 e. The number of ether oxygens (including phenoxy) is 1. The Morgan fingerprint density at radius 3 is 2.29 bits per heavy atom. The molecule has 0 aliphatic heterocycles. The molecule has 0 spiro atoms. The van der Waals surface area contributed by atoms with Crippen LogP contribution in [0.15, 0.2) is 28.7 Å². The molecule has 3 N–H and O–H groups in total. The van der Waals surface area contributed by atoms with Crippen LogP contribution >= 0.6 is 15.9 Å². The Morgan fingerprint density at radius 2 is 1.86 bits per heavy atom. The maximum atomic E-state index is 11.1. The van der Waals surface area contributed by atoms with Crippen LogP contribution in [0.25, 0.3) is 0 Å². The highest BCUT2D eigenvalue weighted by atomic mass is 79.9. The topological polar surface area (TPSA) is 61.3 Å². The molecule has 0 saturated carbocycles. The van der Waals surface area contributed by atoms with E-state index in [9.17, 15) is 4.79 Å². The third-order valence-corrected chi connectivity index (χ3v) is 1.88. The molecule has 0 radical (unpaired) electrons. The fourth-order valence-corrected chi connectivity index (χ4v) is 1.06. The molecule has 0 aliphatic carbocycles. The van der Waals surface area contributed by atoms with Crippen molar-refractivity contribution in [3.63, 3.8) is 0 Å². The lowest BCUT2D eigenvalue weighted by molar-refractivity contribution is 0.0526. The number of halogens is 1. The molecule has 1 aromatic rings. The van der Waals surface area contributed by atoms with E-state index in [1.165, 1.54) is 0 Å². The van der Waals surface area contributed by atoms with Crippen LogP contribution in [-0.2, 0) is 4.74 Å². The summed E-state index contributed by atoms with van der Waals surface area (Å²) in [4.78, 5) is 11.1. The van der Waals surface area contributed by atoms with Gasteiger partial charge in [-0.3, -0.25) is 0 Å². The molecule has 4 heteroatoms. The van der Waals surface area contributed by atoms with Crippen molar-refractivity contribution in [1.82, 2.24) is 6.15 Å². The molecule has 1 rings (SSSR count). The predicted molar refractivity (Wildman–Crippen MR) is 61.9 cm³/mol. The highest BCUT2D eigenvalue weighted by molar-refractivity contribution is 9.10. The van der Waals surface area contributed by atoms with E-state index in [1.54, 1.807) is 19.1 Å². The van der Waals surface area contributed by atoms with Crippen molar-refractivity contribution in [1.29, 1.82) is 0 Å². The standard InChI is InChI=1S/C9H9BrO2.CH4.H3N/c1-2-12-9(11)7-3-5-8(10)6-4-7;;/h3-6H,2H2,1H3;1H4;1H3. The number of esters is 1. The Bertz CT molecular complexity index is 272. The highest BCUT2D eigenvalue weighted by Crippen LogP contribution is 2.10. The van der Waals surface area contributed by atoms with Crippen molar-refractivity contribution >= 4 is 21.9 Å². The van der Waals surface area contributed by atoms with Gasteiger partial charge in [0.15, 0.2) is 0 Å². The third kappa shape index (κ3) is 4.39. The summed E-state index contributed by atoms with van der Waals surface area (Å²) in [6.07, 6.45) is 0. The summed E-state index contributed by atoms with van der Waals surface area (Å²) in [5, 5.41) is 0. The van der Waals surface area contributed by atoms with Gasteiger partial charge in [0.1, 0.15) is 0 Å². The van der Waals surface area contributed by atoms with Crippen molar-refractivity contribution in [2.45, 2.75) is 14.4 Å². The first-order chi connectivity index (χ1) is 5.74. The van der Waals surface area contributed by atoms with Gasteiger partial charge < -0.3 is 10.9 Å². The molecule has 0 fully saturated rings. The van der Waals surface area contributed by atoms with E-state index >= 15 is 0 Å². The summed E-state index contributed by atoms with van der Waals surface area (Å²) in [6, 6.07) is 7.07. The number of hydrogen-bond donors (Lipinski definition) is 1. The van der Waals surface area contributed by atoms with Gasteiger partial charge in [-0.05, 0) is 31.2 Å². The van der Waals surface area contributed by atoms with Gasteiger partial charge >= 0.3 is 5.97 Å². The lowest BCUT2D eigenvalue weighted by Gasteiger charge is -2.00. The van der Waals surface area contributed by atoms with Gasteiger partial charge in [-0.15, -0.1) is 0 Å². The fourth-order valence-electron chi connectivity index (χ4n) is 0.800. The number of benzene rings is 1. The first-order valence-corrected chi connectivity index (χ1v) is 4.46. The number of rotatable bonds is 2. The smallest absolute Gasteiger partial charge is 0.338 e. The van der Waals surface area contributed by atoms with Crippen molar-refractivity contribution in [3.8, 4) is 0 Å². The molecule has 14 heavy (non-hydrogen) atoms. The Hall–Kier alpha value is -0.870. The Morgan fingerprint density at radius 1 is 1.36 bits per heavy atom. The SMILES string of the molecule is C.CCOC(=O)c1ccc(Br)cc1.N. The molecular formula is C10H16BrNO2. The van der Waals surface area contributed by atoms with E-state index in [4.69, 9.17) is 4.74 Å². The van der Waals surface area contributed by atoms with Gasteiger partial charge in [-0.25, -0.2) is 4.79 Å². The zero-order valence-electron chi connectivity index (χ0n) is 7.42. The molecule has 0 aliphatic rings. The quantitative estimate of drug-likeness (QED) is 0.830. The second-order valence-corrected chi connectivity index (χ2v) is 3.14. The Kier molecular flexibility index (Phi) is 8.38. The van der Waals surface area contributed by atoms with Crippen LogP contribution in [0, 0.1) is 0 Å². The molecule has 0 amide bonds. The molecule has 0 aromatic heterocycles. The van der Waals surface area contributed by atoms with E-state index < -0.39 is 0 Å². The summed E-state index contributed by atoms with van der Waals surface area (Å²) in [5.41, 5.74) is 0.583. The van der Waals surface area contributed by atoms with Crippen LogP contribution in [0.4, 0.5) is 0 Å². The van der Waals surface area contributed by atoms with Crippen molar-refractivity contribution in [3.05, 3.63) is 34.3 Å². The maximum absolute atomic E-state index is 11.1. The molecule has 1 aromatic carbocycles. The molecule has 0 bridgehead atoms. The number of carbonyl (C=O) groups excluding carboxylic acids is 1. The molecule has 0 unspecified atom stereocenters. The summed E-state index contributed by atoms with van der Waals surface area (Å²) in [7, 11) is 0. The zero-order valence-corrected chi connectivity index (χ0v) is 9.00. The second kappa shape index (κ2) is 7.53. The average molecular weight is 262 g/mol. The molecule has 80 valence electrons. The summed E-state index contributed by atoms with van der Waals surface area (Å²) in [6.45, 7) is 2.20. The largest absolute Gasteiger partial charge is 0.462 e. The minimum Gasteiger partial charge on any atom is -0.462 e. The molecule has 0 heterocycles. The lowest BCUT2D eigenvalue weighted by Crippen LogP contribution is -2.03. The van der Waals surface area contributed by atoms with E-state index in [2.05, 4.69) is 15.9 Å². The molecule has 0 atom stereocenters. The second-order valence-electron chi connectivity index (χ2n) is 2.23. The van der Waals surface area contributed by atoms with Crippen LogP contribution in [0.1, 0.15) is 24.7 Å². The molecule has 3 nitrogen and oxygen atoms in total. The summed E-state index contributed by atoms with van der Waals surface area (Å²) >= 11 is 3.28. The Labute approximate surface area is 93.2 Å². The average Bonchev–Trinajstić information content (AvgIpc) is 2.06. The van der Waals surface area contributed by atoms with Crippen LogP contribution in [0.2, 0.25) is 0 Å². The monoisotopic (exact) mass is 261 g/mol. The van der Waals surface area contributed by atoms with Gasteiger partial charge in [0, 0.05) is 4.47 Å². The van der Waals surface area contributed by atoms with Gasteiger partial charge in [-0.2, -0.15) is 0 Å². The van der Waals surface area contributed by atoms with Crippen LogP contribution in [-0.4, -0.2) is 12.6 Å². The van der Waals surface area contributed by atoms with Crippen molar-refractivity contribution < 1.29 is 9.53 Å². The van der Waals surface area contributed by atoms with Gasteiger partial charge in [-0.1, -0.05) is 23.4 Å². The predicted octanol–water partition coefficient (Wildman–Crippen LogP) is 3.42. The number of hydrogen-bond acceptors (Lipinski definition) is 3. The Balaban J connectivity index is 0. The molecule has 0 saturated heterocycles. The first kappa shape index (κ1) is 15.6. The minimum atomic E-state index is -0.273. The minimum absolute atomic E-state index is 0. The van der Waals surface area contributed by atoms with E-state index in [1.807, 2.05) is 12.1 Å². The zero-order chi connectivity index (χ0) is 8.97. The lowest BCUT2D eigenvalue weighted by atomic mass is 10.2. The molecular weight excluding hydrogens is 246 g/mol. The highest BCUT2D eigenvalue weighted by Gasteiger charge is 2.03. The third-order valence-electron chi connectivity index (χ3n) is 1.36. The van der Waals surface area contributed by atoms with E-state index in [-0.39, 0.29) is 19.5 Å². The number of carbonyl (C=O) groups is 1. The summed E-state index contributed by atoms with van der Waals surface area (Å²) < 4.78 is 5.77. The first-order valence-electron chi connectivity index (χ1n) is 3.66. The van der Waals surface area contributed by atoms with Crippen LogP contribution < -0.4 is 6.15 Å².